The zero-order chi connectivity index (χ0) is 15.7. The van der Waals surface area contributed by atoms with Crippen molar-refractivity contribution in [1.82, 2.24) is 14.5 Å². The van der Waals surface area contributed by atoms with Crippen LogP contribution in [-0.2, 0) is 4.79 Å². The van der Waals surface area contributed by atoms with Crippen LogP contribution in [0.1, 0.15) is 37.2 Å². The van der Waals surface area contributed by atoms with Crippen LogP contribution in [0.2, 0.25) is 0 Å². The maximum absolute atomic E-state index is 11.3. The first-order valence-electron chi connectivity index (χ1n) is 7.67. The van der Waals surface area contributed by atoms with E-state index in [2.05, 4.69) is 41.1 Å². The summed E-state index contributed by atoms with van der Waals surface area (Å²) < 4.78 is 2.03. The molecule has 5 nitrogen and oxygen atoms in total. The molecule has 1 saturated heterocycles. The number of hydrogen-bond acceptors (Lipinski definition) is 3. The van der Waals surface area contributed by atoms with Gasteiger partial charge in [-0.1, -0.05) is 12.1 Å². The standard InChI is InChI=1S/C17H21N3O2/c1-12(19-10-3-4-16(19)17(21)22)14-5-7-15(8-6-14)20-11-9-18-13(20)2/h5-9,11-12,16H,3-4,10H2,1-2H3,(H,21,22)/t12?,16-/m1/s1. The van der Waals surface area contributed by atoms with Gasteiger partial charge < -0.3 is 9.67 Å². The fraction of sp³-hybridized carbons (Fsp3) is 0.412. The van der Waals surface area contributed by atoms with E-state index in [4.69, 9.17) is 0 Å². The van der Waals surface area contributed by atoms with Gasteiger partial charge in [-0.25, -0.2) is 4.98 Å². The van der Waals surface area contributed by atoms with E-state index in [1.165, 1.54) is 0 Å². The first kappa shape index (κ1) is 14.8. The van der Waals surface area contributed by atoms with Gasteiger partial charge in [-0.15, -0.1) is 0 Å². The SMILES string of the molecule is Cc1nccn1-c1ccc(C(C)N2CCC[C@@H]2C(=O)O)cc1. The Morgan fingerprint density at radius 2 is 2.09 bits per heavy atom. The maximum atomic E-state index is 11.3. The molecule has 0 amide bonds. The summed E-state index contributed by atoms with van der Waals surface area (Å²) in [6, 6.07) is 8.04. The zero-order valence-electron chi connectivity index (χ0n) is 12.9. The molecule has 3 rings (SSSR count). The Balaban J connectivity index is 1.81. The predicted molar refractivity (Wildman–Crippen MR) is 84.1 cm³/mol. The molecule has 1 N–H and O–H groups in total. The maximum Gasteiger partial charge on any atom is 0.320 e. The van der Waals surface area contributed by atoms with Crippen molar-refractivity contribution in [3.63, 3.8) is 0 Å². The van der Waals surface area contributed by atoms with E-state index in [0.29, 0.717) is 0 Å². The minimum atomic E-state index is -0.713. The van der Waals surface area contributed by atoms with Gasteiger partial charge in [0.2, 0.25) is 0 Å². The Morgan fingerprint density at radius 3 is 2.68 bits per heavy atom. The van der Waals surface area contributed by atoms with Gasteiger partial charge in [0.15, 0.2) is 0 Å². The van der Waals surface area contributed by atoms with Gasteiger partial charge in [-0.2, -0.15) is 0 Å². The monoisotopic (exact) mass is 299 g/mol. The number of likely N-dealkylation sites (tertiary alicyclic amines) is 1. The van der Waals surface area contributed by atoms with Crippen LogP contribution in [0.15, 0.2) is 36.7 Å². The molecule has 1 aromatic carbocycles. The van der Waals surface area contributed by atoms with Crippen molar-refractivity contribution in [2.45, 2.75) is 38.8 Å². The summed E-state index contributed by atoms with van der Waals surface area (Å²) in [4.78, 5) is 17.7. The van der Waals surface area contributed by atoms with Crippen LogP contribution in [0.25, 0.3) is 5.69 Å². The molecule has 1 fully saturated rings. The number of carbonyl (C=O) groups is 1. The van der Waals surface area contributed by atoms with E-state index in [-0.39, 0.29) is 12.1 Å². The van der Waals surface area contributed by atoms with Crippen LogP contribution in [0.3, 0.4) is 0 Å². The average molecular weight is 299 g/mol. The average Bonchev–Trinajstić information content (AvgIpc) is 3.15. The van der Waals surface area contributed by atoms with Crippen LogP contribution in [0.5, 0.6) is 0 Å². The third kappa shape index (κ3) is 2.64. The molecule has 5 heteroatoms. The third-order valence-corrected chi connectivity index (χ3v) is 4.56. The second-order valence-electron chi connectivity index (χ2n) is 5.85. The number of imidazole rings is 1. The van der Waals surface area contributed by atoms with Crippen LogP contribution in [0, 0.1) is 6.92 Å². The summed E-state index contributed by atoms with van der Waals surface area (Å²) in [5.41, 5.74) is 2.22. The van der Waals surface area contributed by atoms with E-state index < -0.39 is 5.97 Å². The van der Waals surface area contributed by atoms with Crippen LogP contribution >= 0.6 is 0 Å². The van der Waals surface area contributed by atoms with Crippen molar-refractivity contribution in [1.29, 1.82) is 0 Å². The second-order valence-corrected chi connectivity index (χ2v) is 5.85. The number of rotatable bonds is 4. The van der Waals surface area contributed by atoms with Crippen molar-refractivity contribution < 1.29 is 9.90 Å². The first-order chi connectivity index (χ1) is 10.6. The number of nitrogens with zero attached hydrogens (tertiary/aromatic N) is 3. The van der Waals surface area contributed by atoms with Crippen molar-refractivity contribution in [3.05, 3.63) is 48.0 Å². The molecule has 0 radical (unpaired) electrons. The minimum absolute atomic E-state index is 0.113. The number of aliphatic carboxylic acids is 1. The molecule has 22 heavy (non-hydrogen) atoms. The molecule has 2 heterocycles. The molecule has 0 bridgehead atoms. The number of aryl methyl sites for hydroxylation is 1. The largest absolute Gasteiger partial charge is 0.480 e. The lowest BCUT2D eigenvalue weighted by Gasteiger charge is -2.28. The number of carboxylic acids is 1. The summed E-state index contributed by atoms with van der Waals surface area (Å²) in [5, 5.41) is 9.33. The molecule has 1 aliphatic rings. The van der Waals surface area contributed by atoms with E-state index in [9.17, 15) is 9.90 Å². The number of benzene rings is 1. The van der Waals surface area contributed by atoms with Gasteiger partial charge in [-0.05, 0) is 50.9 Å². The highest BCUT2D eigenvalue weighted by molar-refractivity contribution is 5.73. The van der Waals surface area contributed by atoms with Gasteiger partial charge in [0, 0.05) is 24.1 Å². The minimum Gasteiger partial charge on any atom is -0.480 e. The molecule has 1 aliphatic heterocycles. The Kier molecular flexibility index (Phi) is 3.98. The Morgan fingerprint density at radius 1 is 1.36 bits per heavy atom. The van der Waals surface area contributed by atoms with Crippen LogP contribution in [0.4, 0.5) is 0 Å². The van der Waals surface area contributed by atoms with E-state index in [0.717, 1.165) is 36.5 Å². The Hall–Kier alpha value is -2.14. The van der Waals surface area contributed by atoms with Gasteiger partial charge in [0.25, 0.3) is 0 Å². The Bertz CT molecular complexity index is 663. The lowest BCUT2D eigenvalue weighted by molar-refractivity contribution is -0.142. The van der Waals surface area contributed by atoms with Gasteiger partial charge in [0.05, 0.1) is 0 Å². The number of carboxylic acid groups (broad SMARTS) is 1. The quantitative estimate of drug-likeness (QED) is 0.943. The molecular weight excluding hydrogens is 278 g/mol. The molecule has 2 atom stereocenters. The molecule has 0 spiro atoms. The van der Waals surface area contributed by atoms with Crippen LogP contribution in [-0.4, -0.2) is 38.1 Å². The molecule has 0 saturated carbocycles. The first-order valence-corrected chi connectivity index (χ1v) is 7.67. The molecule has 1 unspecified atom stereocenters. The highest BCUT2D eigenvalue weighted by atomic mass is 16.4. The summed E-state index contributed by atoms with van der Waals surface area (Å²) in [5.74, 6) is 0.237. The normalized spacial score (nSPS) is 20.2. The topological polar surface area (TPSA) is 58.4 Å². The zero-order valence-corrected chi connectivity index (χ0v) is 12.9. The number of aromatic nitrogens is 2. The summed E-state index contributed by atoms with van der Waals surface area (Å²) in [7, 11) is 0. The van der Waals surface area contributed by atoms with E-state index in [1.807, 2.05) is 17.7 Å². The third-order valence-electron chi connectivity index (χ3n) is 4.56. The molecule has 116 valence electrons. The van der Waals surface area contributed by atoms with Gasteiger partial charge in [0.1, 0.15) is 11.9 Å². The summed E-state index contributed by atoms with van der Waals surface area (Å²) in [6.45, 7) is 4.90. The fourth-order valence-electron chi connectivity index (χ4n) is 3.27. The van der Waals surface area contributed by atoms with Gasteiger partial charge >= 0.3 is 5.97 Å². The van der Waals surface area contributed by atoms with Crippen molar-refractivity contribution in [2.24, 2.45) is 0 Å². The lowest BCUT2D eigenvalue weighted by Crippen LogP contribution is -2.37. The lowest BCUT2D eigenvalue weighted by atomic mass is 10.1. The highest BCUT2D eigenvalue weighted by Gasteiger charge is 2.33. The Labute approximate surface area is 130 Å². The molecular formula is C17H21N3O2. The second kappa shape index (κ2) is 5.93. The number of hydrogen-bond donors (Lipinski definition) is 1. The van der Waals surface area contributed by atoms with E-state index in [1.54, 1.807) is 6.20 Å². The van der Waals surface area contributed by atoms with Crippen molar-refractivity contribution >= 4 is 5.97 Å². The van der Waals surface area contributed by atoms with Crippen LogP contribution < -0.4 is 0 Å². The fourth-order valence-corrected chi connectivity index (χ4v) is 3.27. The molecule has 0 aliphatic carbocycles. The smallest absolute Gasteiger partial charge is 0.320 e. The summed E-state index contributed by atoms with van der Waals surface area (Å²) >= 11 is 0. The van der Waals surface area contributed by atoms with Gasteiger partial charge in [-0.3, -0.25) is 9.69 Å². The van der Waals surface area contributed by atoms with E-state index >= 15 is 0 Å². The molecule has 2 aromatic rings. The molecule has 1 aromatic heterocycles. The predicted octanol–water partition coefficient (Wildman–Crippen LogP) is 2.79. The van der Waals surface area contributed by atoms with Crippen molar-refractivity contribution in [3.8, 4) is 5.69 Å². The van der Waals surface area contributed by atoms with Crippen molar-refractivity contribution in [2.75, 3.05) is 6.54 Å². The summed E-state index contributed by atoms with van der Waals surface area (Å²) in [6.07, 6.45) is 5.42. The highest BCUT2D eigenvalue weighted by Crippen LogP contribution is 2.29.